The van der Waals surface area contributed by atoms with Gasteiger partial charge in [-0.05, 0) is 29.2 Å². The van der Waals surface area contributed by atoms with Gasteiger partial charge >= 0.3 is 12.1 Å². The molecule has 11 heteroatoms. The van der Waals surface area contributed by atoms with Crippen LogP contribution in [0.25, 0.3) is 0 Å². The van der Waals surface area contributed by atoms with E-state index < -0.39 is 35.7 Å². The van der Waals surface area contributed by atoms with Crippen LogP contribution in [0.3, 0.4) is 0 Å². The number of ether oxygens (including phenoxy) is 2. The molecule has 0 aliphatic carbocycles. The van der Waals surface area contributed by atoms with Gasteiger partial charge in [0.2, 0.25) is 5.78 Å². The second-order valence-corrected chi connectivity index (χ2v) is 10.9. The number of Topliss-reactive ketones (excluding diaryl/α,β-unsaturated/α-hetero) is 1. The van der Waals surface area contributed by atoms with Crippen LogP contribution in [0.4, 0.5) is 4.79 Å². The van der Waals surface area contributed by atoms with Gasteiger partial charge in [0.15, 0.2) is 11.5 Å². The van der Waals surface area contributed by atoms with Crippen LogP contribution in [0.1, 0.15) is 72.5 Å². The number of nitrogens with zero attached hydrogens (tertiary/aromatic N) is 3. The maximum atomic E-state index is 13.9. The van der Waals surface area contributed by atoms with Crippen LogP contribution < -0.4 is 5.32 Å². The number of alkyl carbamates (subject to hydrolysis) is 1. The van der Waals surface area contributed by atoms with E-state index >= 15 is 0 Å². The molecule has 1 aromatic heterocycles. The summed E-state index contributed by atoms with van der Waals surface area (Å²) in [6, 6.07) is 23.5. The fourth-order valence-corrected chi connectivity index (χ4v) is 4.99. The molecule has 3 amide bonds. The summed E-state index contributed by atoms with van der Waals surface area (Å²) in [4.78, 5) is 71.7. The molecule has 1 atom stereocenters. The molecule has 5 rings (SSSR count). The number of benzene rings is 3. The average molecular weight is 609 g/mol. The van der Waals surface area contributed by atoms with E-state index in [-0.39, 0.29) is 54.0 Å². The molecular formula is C34H32N4O7. The van der Waals surface area contributed by atoms with Crippen molar-refractivity contribution in [2.75, 3.05) is 0 Å². The first-order chi connectivity index (χ1) is 21.7. The number of carbonyl (C=O) groups is 5. The smallest absolute Gasteiger partial charge is 0.408 e. The molecule has 0 unspecified atom stereocenters. The summed E-state index contributed by atoms with van der Waals surface area (Å²) in [7, 11) is 1.51. The monoisotopic (exact) mass is 608 g/mol. The molecule has 1 aliphatic rings. The topological polar surface area (TPSA) is 137 Å². The largest absolute Gasteiger partial charge is 0.456 e. The van der Waals surface area contributed by atoms with E-state index in [9.17, 15) is 24.0 Å². The third kappa shape index (κ3) is 6.67. The molecule has 0 radical (unpaired) electrons. The number of hydrogen-bond donors (Lipinski definition) is 1. The fraction of sp³-hybridized carbons (Fsp3) is 0.235. The molecule has 0 saturated carbocycles. The highest BCUT2D eigenvalue weighted by molar-refractivity contribution is 6.21. The molecule has 3 aromatic carbocycles. The van der Waals surface area contributed by atoms with E-state index in [1.807, 2.05) is 24.3 Å². The van der Waals surface area contributed by atoms with Crippen molar-refractivity contribution < 1.29 is 33.4 Å². The number of carbonyl (C=O) groups excluding carboxylic acids is 5. The lowest BCUT2D eigenvalue weighted by molar-refractivity contribution is 0.0458. The lowest BCUT2D eigenvalue weighted by atomic mass is 9.99. The van der Waals surface area contributed by atoms with Crippen molar-refractivity contribution in [1.29, 1.82) is 0 Å². The number of imidazole rings is 1. The van der Waals surface area contributed by atoms with E-state index in [4.69, 9.17) is 9.47 Å². The maximum absolute atomic E-state index is 13.9. The fourth-order valence-electron chi connectivity index (χ4n) is 4.99. The Bertz CT molecular complexity index is 1710. The van der Waals surface area contributed by atoms with Crippen LogP contribution in [-0.4, -0.2) is 50.2 Å². The van der Waals surface area contributed by atoms with Crippen LogP contribution in [0, 0.1) is 5.92 Å². The molecule has 2 heterocycles. The Morgan fingerprint density at radius 2 is 1.29 bits per heavy atom. The van der Waals surface area contributed by atoms with Gasteiger partial charge in [-0.1, -0.05) is 86.6 Å². The number of rotatable bonds is 11. The zero-order valence-corrected chi connectivity index (χ0v) is 25.1. The maximum Gasteiger partial charge on any atom is 0.408 e. The Balaban J connectivity index is 1.42. The number of imide groups is 1. The number of fused-ring (bicyclic) bond motifs is 1. The Labute approximate surface area is 259 Å². The molecule has 0 bridgehead atoms. The standard InChI is InChI=1S/C34H32N4O7/c1-21(2)27(36-34(43)45-20-23-14-8-5-9-15-23)29(39)30-35-28(33(42)44-19-22-12-6-4-7-13-22)26(37(30)3)18-38-31(40)24-16-10-11-17-25(24)32(38)41/h4-17,21,27H,18-20H2,1-3H3,(H,36,43)/t27-/m0/s1. The number of nitrogens with one attached hydrogen (secondary N) is 1. The average Bonchev–Trinajstić information content (AvgIpc) is 3.51. The van der Waals surface area contributed by atoms with E-state index in [0.29, 0.717) is 0 Å². The number of aromatic nitrogens is 2. The zero-order valence-electron chi connectivity index (χ0n) is 25.1. The van der Waals surface area contributed by atoms with Gasteiger partial charge in [0.1, 0.15) is 19.3 Å². The molecule has 230 valence electrons. The van der Waals surface area contributed by atoms with Gasteiger partial charge in [-0.3, -0.25) is 19.3 Å². The second-order valence-electron chi connectivity index (χ2n) is 10.9. The molecule has 1 aliphatic heterocycles. The molecule has 0 saturated heterocycles. The van der Waals surface area contributed by atoms with Gasteiger partial charge in [0, 0.05) is 7.05 Å². The van der Waals surface area contributed by atoms with Gasteiger partial charge in [-0.2, -0.15) is 0 Å². The third-order valence-corrected chi connectivity index (χ3v) is 7.46. The van der Waals surface area contributed by atoms with Gasteiger partial charge in [-0.25, -0.2) is 14.6 Å². The van der Waals surface area contributed by atoms with E-state index in [1.54, 1.807) is 74.5 Å². The second kappa shape index (κ2) is 13.4. The van der Waals surface area contributed by atoms with Crippen LogP contribution >= 0.6 is 0 Å². The molecule has 0 fully saturated rings. The van der Waals surface area contributed by atoms with Crippen LogP contribution in [0.15, 0.2) is 84.9 Å². The summed E-state index contributed by atoms with van der Waals surface area (Å²) in [5, 5.41) is 2.62. The molecule has 45 heavy (non-hydrogen) atoms. The van der Waals surface area contributed by atoms with Gasteiger partial charge in [0.25, 0.3) is 11.8 Å². The number of hydrogen-bond acceptors (Lipinski definition) is 8. The Kier molecular flexibility index (Phi) is 9.17. The predicted octanol–water partition coefficient (Wildman–Crippen LogP) is 4.71. The molecule has 11 nitrogen and oxygen atoms in total. The van der Waals surface area contributed by atoms with E-state index in [2.05, 4.69) is 10.3 Å². The summed E-state index contributed by atoms with van der Waals surface area (Å²) < 4.78 is 12.2. The van der Waals surface area contributed by atoms with Gasteiger partial charge in [0.05, 0.1) is 23.4 Å². The lowest BCUT2D eigenvalue weighted by Crippen LogP contribution is -2.45. The Morgan fingerprint density at radius 3 is 1.82 bits per heavy atom. The van der Waals surface area contributed by atoms with Crippen molar-refractivity contribution >= 4 is 29.7 Å². The van der Waals surface area contributed by atoms with Crippen molar-refractivity contribution in [1.82, 2.24) is 19.8 Å². The first-order valence-electron chi connectivity index (χ1n) is 14.4. The number of amides is 3. The highest BCUT2D eigenvalue weighted by Crippen LogP contribution is 2.26. The highest BCUT2D eigenvalue weighted by atomic mass is 16.5. The normalized spacial score (nSPS) is 13.0. The third-order valence-electron chi connectivity index (χ3n) is 7.46. The number of ketones is 1. The first-order valence-corrected chi connectivity index (χ1v) is 14.4. The minimum absolute atomic E-state index is 0.00984. The molecular weight excluding hydrogens is 576 g/mol. The van der Waals surface area contributed by atoms with Crippen LogP contribution in [-0.2, 0) is 36.3 Å². The Hall–Kier alpha value is -5.58. The number of esters is 1. The molecule has 1 N–H and O–H groups in total. The minimum Gasteiger partial charge on any atom is -0.456 e. The molecule has 4 aromatic rings. The summed E-state index contributed by atoms with van der Waals surface area (Å²) in [6.45, 7) is 3.11. The molecule has 0 spiro atoms. The SMILES string of the molecule is CC(C)[C@H](NC(=O)OCc1ccccc1)C(=O)c1nc(C(=O)OCc2ccccc2)c(CN2C(=O)c3ccccc3C2=O)n1C. The van der Waals surface area contributed by atoms with Crippen LogP contribution in [0.5, 0.6) is 0 Å². The van der Waals surface area contributed by atoms with Crippen molar-refractivity contribution in [3.8, 4) is 0 Å². The lowest BCUT2D eigenvalue weighted by Gasteiger charge is -2.21. The van der Waals surface area contributed by atoms with Gasteiger partial charge in [-0.15, -0.1) is 0 Å². The summed E-state index contributed by atoms with van der Waals surface area (Å²) in [6.07, 6.45) is -0.797. The van der Waals surface area contributed by atoms with Crippen LogP contribution in [0.2, 0.25) is 0 Å². The van der Waals surface area contributed by atoms with Crippen molar-refractivity contribution in [3.05, 3.63) is 124 Å². The summed E-state index contributed by atoms with van der Waals surface area (Å²) in [5.41, 5.74) is 1.90. The quantitative estimate of drug-likeness (QED) is 0.147. The summed E-state index contributed by atoms with van der Waals surface area (Å²) in [5.74, 6) is -3.03. The zero-order chi connectivity index (χ0) is 32.1. The Morgan fingerprint density at radius 1 is 0.778 bits per heavy atom. The first kappa shape index (κ1) is 30.9. The van der Waals surface area contributed by atoms with Crippen molar-refractivity contribution in [2.24, 2.45) is 13.0 Å². The van der Waals surface area contributed by atoms with E-state index in [1.165, 1.54) is 11.6 Å². The van der Waals surface area contributed by atoms with Crippen molar-refractivity contribution in [3.63, 3.8) is 0 Å². The minimum atomic E-state index is -1.06. The summed E-state index contributed by atoms with van der Waals surface area (Å²) >= 11 is 0. The highest BCUT2D eigenvalue weighted by Gasteiger charge is 2.38. The van der Waals surface area contributed by atoms with Gasteiger partial charge < -0.3 is 19.4 Å². The predicted molar refractivity (Wildman–Crippen MR) is 162 cm³/mol. The van der Waals surface area contributed by atoms with Crippen molar-refractivity contribution in [2.45, 2.75) is 39.6 Å². The van der Waals surface area contributed by atoms with E-state index in [0.717, 1.165) is 16.0 Å².